The van der Waals surface area contributed by atoms with Crippen LogP contribution in [0, 0.1) is 0 Å². The fourth-order valence-corrected chi connectivity index (χ4v) is 0.993. The molecule has 0 unspecified atom stereocenters. The fourth-order valence-electron chi connectivity index (χ4n) is 0.993. The molecule has 0 aromatic heterocycles. The number of aliphatic hydroxyl groups excluding tert-OH is 5. The van der Waals surface area contributed by atoms with E-state index in [1.807, 2.05) is 0 Å². The molecule has 0 radical (unpaired) electrons. The minimum Gasteiger partial charge on any atom is -0.388 e. The monoisotopic (exact) mass is 180 g/mol. The van der Waals surface area contributed by atoms with E-state index in [1.165, 1.54) is 0 Å². The van der Waals surface area contributed by atoms with Crippen LogP contribution in [0.25, 0.3) is 0 Å². The summed E-state index contributed by atoms with van der Waals surface area (Å²) in [4.78, 5) is 0. The van der Waals surface area contributed by atoms with Crippen molar-refractivity contribution >= 4 is 0 Å². The molecule has 1 aliphatic rings. The molecule has 1 saturated heterocycles. The summed E-state index contributed by atoms with van der Waals surface area (Å²) in [6, 6.07) is 0. The number of aliphatic hydroxyl groups is 5. The van der Waals surface area contributed by atoms with Gasteiger partial charge in [-0.3, -0.25) is 0 Å². The maximum atomic E-state index is 9.07. The quantitative estimate of drug-likeness (QED) is 0.268. The molecule has 5 N–H and O–H groups in total. The van der Waals surface area contributed by atoms with E-state index < -0.39 is 30.7 Å². The Morgan fingerprint density at radius 1 is 0.833 bits per heavy atom. The third-order valence-electron chi connectivity index (χ3n) is 1.82. The molecule has 1 aliphatic heterocycles. The molecule has 0 saturated carbocycles. The maximum Gasteiger partial charge on any atom is 0.183 e. The topological polar surface area (TPSA) is 110 Å². The Kier molecular flexibility index (Phi) is 2.99. The normalized spacial score (nSPS) is 50.2. The Balaban J connectivity index is 2.68. The Bertz CT molecular complexity index is 135. The van der Waals surface area contributed by atoms with E-state index in [-0.39, 0.29) is 6.61 Å². The van der Waals surface area contributed by atoms with Crippen molar-refractivity contribution in [2.24, 2.45) is 0 Å². The van der Waals surface area contributed by atoms with Crippen molar-refractivity contribution in [3.05, 3.63) is 0 Å². The van der Waals surface area contributed by atoms with Gasteiger partial charge in [-0.1, -0.05) is 0 Å². The van der Waals surface area contributed by atoms with E-state index in [0.29, 0.717) is 0 Å². The molecule has 72 valence electrons. The zero-order valence-electron chi connectivity index (χ0n) is 6.24. The highest BCUT2D eigenvalue weighted by atomic mass is 16.6. The van der Waals surface area contributed by atoms with Crippen LogP contribution in [0.4, 0.5) is 0 Å². The van der Waals surface area contributed by atoms with Gasteiger partial charge >= 0.3 is 0 Å². The summed E-state index contributed by atoms with van der Waals surface area (Å²) in [6.07, 6.45) is -7.58. The Morgan fingerprint density at radius 3 is 2.00 bits per heavy atom. The maximum absolute atomic E-state index is 9.07. The molecule has 12 heavy (non-hydrogen) atoms. The predicted molar refractivity (Wildman–Crippen MR) is 36.0 cm³/mol. The van der Waals surface area contributed by atoms with Gasteiger partial charge in [-0.15, -0.1) is 0 Å². The van der Waals surface area contributed by atoms with Gasteiger partial charge in [0.25, 0.3) is 0 Å². The van der Waals surface area contributed by atoms with Crippen LogP contribution in [0.1, 0.15) is 0 Å². The van der Waals surface area contributed by atoms with Crippen molar-refractivity contribution in [1.82, 2.24) is 0 Å². The first-order valence-electron chi connectivity index (χ1n) is 3.56. The van der Waals surface area contributed by atoms with Gasteiger partial charge < -0.3 is 30.3 Å². The summed E-state index contributed by atoms with van der Waals surface area (Å²) >= 11 is 0. The van der Waals surface area contributed by atoms with Crippen molar-refractivity contribution in [2.75, 3.05) is 6.61 Å². The third-order valence-corrected chi connectivity index (χ3v) is 1.82. The van der Waals surface area contributed by atoms with Crippen molar-refractivity contribution in [3.8, 4) is 0 Å². The van der Waals surface area contributed by atoms with Gasteiger partial charge in [0.15, 0.2) is 6.29 Å². The van der Waals surface area contributed by atoms with Crippen LogP contribution in [0.15, 0.2) is 0 Å². The highest BCUT2D eigenvalue weighted by Crippen LogP contribution is 2.14. The first kappa shape index (κ1) is 9.85. The van der Waals surface area contributed by atoms with E-state index in [0.717, 1.165) is 0 Å². The summed E-state index contributed by atoms with van der Waals surface area (Å²) in [7, 11) is 0. The highest BCUT2D eigenvalue weighted by molar-refractivity contribution is 4.85. The standard InChI is InChI=1S/C6H12O6/c7-2-1-12-6(11)5(10)4(9)3(2)8/h2-11H,1H2/t2-,3+,4-,5+,6-/m0/s1. The largest absolute Gasteiger partial charge is 0.388 e. The Morgan fingerprint density at radius 2 is 1.42 bits per heavy atom. The first-order valence-corrected chi connectivity index (χ1v) is 3.56. The minimum atomic E-state index is -1.60. The van der Waals surface area contributed by atoms with Gasteiger partial charge in [0.2, 0.25) is 0 Å². The highest BCUT2D eigenvalue weighted by Gasteiger charge is 2.38. The fraction of sp³-hybridized carbons (Fsp3) is 1.00. The second kappa shape index (κ2) is 3.65. The van der Waals surface area contributed by atoms with Gasteiger partial charge in [-0.05, 0) is 0 Å². The van der Waals surface area contributed by atoms with Crippen LogP contribution in [0.3, 0.4) is 0 Å². The molecule has 0 bridgehead atoms. The number of hydrogen-bond donors (Lipinski definition) is 5. The molecule has 1 rings (SSSR count). The lowest BCUT2D eigenvalue weighted by molar-refractivity contribution is -0.181. The minimum absolute atomic E-state index is 0.323. The molecule has 1 fully saturated rings. The van der Waals surface area contributed by atoms with Gasteiger partial charge in [0.1, 0.15) is 24.4 Å². The molecule has 0 aromatic rings. The molecule has 0 aromatic carbocycles. The lowest BCUT2D eigenvalue weighted by Crippen LogP contribution is -2.46. The van der Waals surface area contributed by atoms with E-state index in [9.17, 15) is 0 Å². The molecule has 0 aliphatic carbocycles. The van der Waals surface area contributed by atoms with E-state index in [2.05, 4.69) is 4.74 Å². The lowest BCUT2D eigenvalue weighted by Gasteiger charge is -2.22. The molecule has 6 heteroatoms. The van der Waals surface area contributed by atoms with Crippen molar-refractivity contribution in [2.45, 2.75) is 30.7 Å². The second-order valence-electron chi connectivity index (χ2n) is 2.76. The lowest BCUT2D eigenvalue weighted by atomic mass is 10.0. The second-order valence-corrected chi connectivity index (χ2v) is 2.76. The van der Waals surface area contributed by atoms with E-state index in [4.69, 9.17) is 25.5 Å². The number of ether oxygens (including phenoxy) is 1. The van der Waals surface area contributed by atoms with Crippen LogP contribution < -0.4 is 0 Å². The van der Waals surface area contributed by atoms with Crippen LogP contribution in [0.5, 0.6) is 0 Å². The Labute approximate surface area is 68.6 Å². The zero-order valence-corrected chi connectivity index (χ0v) is 6.24. The molecule has 6 nitrogen and oxygen atoms in total. The van der Waals surface area contributed by atoms with Gasteiger partial charge in [-0.2, -0.15) is 0 Å². The van der Waals surface area contributed by atoms with E-state index >= 15 is 0 Å². The molecular weight excluding hydrogens is 168 g/mol. The predicted octanol–water partition coefficient (Wildman–Crippen LogP) is -3.22. The van der Waals surface area contributed by atoms with Gasteiger partial charge in [-0.25, -0.2) is 0 Å². The average molecular weight is 180 g/mol. The molecule has 0 spiro atoms. The summed E-state index contributed by atoms with van der Waals surface area (Å²) in [5, 5.41) is 45.1. The van der Waals surface area contributed by atoms with E-state index in [1.54, 1.807) is 0 Å². The summed E-state index contributed by atoms with van der Waals surface area (Å²) in [6.45, 7) is -0.323. The molecule has 5 atom stereocenters. The molecule has 1 heterocycles. The van der Waals surface area contributed by atoms with Gasteiger partial charge in [0.05, 0.1) is 6.61 Å². The number of hydrogen-bond acceptors (Lipinski definition) is 6. The van der Waals surface area contributed by atoms with Crippen molar-refractivity contribution in [1.29, 1.82) is 0 Å². The Hall–Kier alpha value is -0.240. The molecular formula is C6H12O6. The molecule has 0 amide bonds. The smallest absolute Gasteiger partial charge is 0.183 e. The summed E-state index contributed by atoms with van der Waals surface area (Å²) in [5.41, 5.74) is 0. The van der Waals surface area contributed by atoms with Crippen LogP contribution >= 0.6 is 0 Å². The van der Waals surface area contributed by atoms with Crippen LogP contribution in [0.2, 0.25) is 0 Å². The summed E-state index contributed by atoms with van der Waals surface area (Å²) < 4.78 is 4.50. The SMILES string of the molecule is O[C@@H]1[C@@H](O)[C@@H](O)OC[C@H](O)[C@H]1O. The number of rotatable bonds is 0. The van der Waals surface area contributed by atoms with Crippen LogP contribution in [-0.2, 0) is 4.74 Å². The third kappa shape index (κ3) is 1.74. The average Bonchev–Trinajstić information content (AvgIpc) is 2.14. The summed E-state index contributed by atoms with van der Waals surface area (Å²) in [5.74, 6) is 0. The first-order chi connectivity index (χ1) is 5.54. The zero-order chi connectivity index (χ0) is 9.30. The van der Waals surface area contributed by atoms with Gasteiger partial charge in [0, 0.05) is 0 Å². The van der Waals surface area contributed by atoms with Crippen LogP contribution in [-0.4, -0.2) is 62.8 Å². The van der Waals surface area contributed by atoms with Crippen molar-refractivity contribution in [3.63, 3.8) is 0 Å². The van der Waals surface area contributed by atoms with Crippen molar-refractivity contribution < 1.29 is 30.3 Å².